The number of ether oxygens (including phenoxy) is 2. The van der Waals surface area contributed by atoms with E-state index in [4.69, 9.17) is 21.1 Å². The zero-order chi connectivity index (χ0) is 20.5. The number of guanidine groups is 1. The van der Waals surface area contributed by atoms with Crippen LogP contribution in [0.4, 0.5) is 0 Å². The number of hydrogen-bond acceptors (Lipinski definition) is 4. The van der Waals surface area contributed by atoms with Crippen LogP contribution in [0.15, 0.2) is 71.9 Å². The number of aromatic nitrogens is 1. The predicted molar refractivity (Wildman–Crippen MR) is 116 cm³/mol. The number of pyridine rings is 1. The fourth-order valence-electron chi connectivity index (χ4n) is 2.56. The van der Waals surface area contributed by atoms with Crippen molar-refractivity contribution in [1.29, 1.82) is 0 Å². The molecule has 0 aliphatic heterocycles. The molecular weight excluding hydrogens is 388 g/mol. The number of benzene rings is 2. The van der Waals surface area contributed by atoms with Crippen LogP contribution >= 0.6 is 11.6 Å². The minimum atomic E-state index is 0.521. The van der Waals surface area contributed by atoms with E-state index in [9.17, 15) is 0 Å². The van der Waals surface area contributed by atoms with E-state index in [1.165, 1.54) is 0 Å². The Bertz CT molecular complexity index is 944. The molecule has 6 nitrogen and oxygen atoms in total. The monoisotopic (exact) mass is 410 g/mol. The van der Waals surface area contributed by atoms with Gasteiger partial charge in [-0.15, -0.1) is 0 Å². The molecule has 3 rings (SSSR count). The van der Waals surface area contributed by atoms with Gasteiger partial charge < -0.3 is 20.1 Å². The highest BCUT2D eigenvalue weighted by atomic mass is 35.5. The summed E-state index contributed by atoms with van der Waals surface area (Å²) in [4.78, 5) is 8.60. The molecule has 2 aromatic carbocycles. The molecule has 0 bridgehead atoms. The summed E-state index contributed by atoms with van der Waals surface area (Å²) in [6.07, 6.45) is 1.77. The van der Waals surface area contributed by atoms with Crippen LogP contribution in [0.5, 0.6) is 17.4 Å². The maximum atomic E-state index is 5.91. The van der Waals surface area contributed by atoms with Crippen LogP contribution in [0.2, 0.25) is 5.02 Å². The van der Waals surface area contributed by atoms with Crippen molar-refractivity contribution in [3.05, 3.63) is 83.0 Å². The first-order chi connectivity index (χ1) is 14.2. The average molecular weight is 411 g/mol. The fraction of sp³-hybridized carbons (Fsp3) is 0.182. The lowest BCUT2D eigenvalue weighted by Gasteiger charge is -2.12. The number of halogens is 1. The van der Waals surface area contributed by atoms with Gasteiger partial charge in [0.2, 0.25) is 5.88 Å². The van der Waals surface area contributed by atoms with Gasteiger partial charge in [-0.3, -0.25) is 4.99 Å². The van der Waals surface area contributed by atoms with E-state index in [1.54, 1.807) is 20.4 Å². The Morgan fingerprint density at radius 1 is 0.966 bits per heavy atom. The molecule has 150 valence electrons. The van der Waals surface area contributed by atoms with Crippen molar-refractivity contribution in [2.24, 2.45) is 4.99 Å². The van der Waals surface area contributed by atoms with Gasteiger partial charge in [0.15, 0.2) is 5.96 Å². The summed E-state index contributed by atoms with van der Waals surface area (Å²) >= 11 is 5.91. The molecule has 0 unspecified atom stereocenters. The van der Waals surface area contributed by atoms with Crippen LogP contribution in [-0.2, 0) is 13.1 Å². The highest BCUT2D eigenvalue weighted by Crippen LogP contribution is 2.23. The van der Waals surface area contributed by atoms with Gasteiger partial charge in [0, 0.05) is 43.5 Å². The Labute approximate surface area is 175 Å². The molecular formula is C22H23ClN4O2. The Hall–Kier alpha value is -3.25. The van der Waals surface area contributed by atoms with Gasteiger partial charge in [0.05, 0.1) is 7.11 Å². The molecule has 0 aliphatic rings. The maximum Gasteiger partial charge on any atom is 0.219 e. The number of rotatable bonds is 7. The third-order valence-corrected chi connectivity index (χ3v) is 4.37. The molecule has 1 heterocycles. The van der Waals surface area contributed by atoms with Crippen LogP contribution in [0.3, 0.4) is 0 Å². The summed E-state index contributed by atoms with van der Waals surface area (Å²) in [6.45, 7) is 1.25. The summed E-state index contributed by atoms with van der Waals surface area (Å²) in [7, 11) is 3.36. The molecule has 0 fully saturated rings. The first kappa shape index (κ1) is 20.5. The molecule has 0 amide bonds. The van der Waals surface area contributed by atoms with Crippen LogP contribution in [-0.4, -0.2) is 25.1 Å². The Morgan fingerprint density at radius 3 is 2.31 bits per heavy atom. The van der Waals surface area contributed by atoms with Crippen molar-refractivity contribution in [2.45, 2.75) is 13.1 Å². The summed E-state index contributed by atoms with van der Waals surface area (Å²) in [5.41, 5.74) is 2.13. The van der Waals surface area contributed by atoms with Gasteiger partial charge in [-0.05, 0) is 35.4 Å². The topological polar surface area (TPSA) is 67.8 Å². The van der Waals surface area contributed by atoms with Crippen molar-refractivity contribution < 1.29 is 9.47 Å². The molecule has 3 aromatic rings. The Kier molecular flexibility index (Phi) is 7.30. The lowest BCUT2D eigenvalue weighted by atomic mass is 10.2. The quantitative estimate of drug-likeness (QED) is 0.446. The highest BCUT2D eigenvalue weighted by Gasteiger charge is 2.03. The van der Waals surface area contributed by atoms with Crippen molar-refractivity contribution in [2.75, 3.05) is 14.2 Å². The second-order valence-electron chi connectivity index (χ2n) is 6.19. The van der Waals surface area contributed by atoms with E-state index >= 15 is 0 Å². The summed E-state index contributed by atoms with van der Waals surface area (Å²) < 4.78 is 11.0. The Morgan fingerprint density at radius 2 is 1.66 bits per heavy atom. The van der Waals surface area contributed by atoms with E-state index in [1.807, 2.05) is 60.7 Å². The van der Waals surface area contributed by atoms with Crippen molar-refractivity contribution in [1.82, 2.24) is 15.6 Å². The van der Waals surface area contributed by atoms with Gasteiger partial charge in [0.25, 0.3) is 0 Å². The van der Waals surface area contributed by atoms with E-state index in [0.717, 1.165) is 21.9 Å². The number of aliphatic imine (C=N–C) groups is 1. The molecule has 0 aliphatic carbocycles. The molecule has 0 spiro atoms. The second-order valence-corrected chi connectivity index (χ2v) is 6.63. The fourth-order valence-corrected chi connectivity index (χ4v) is 2.68. The van der Waals surface area contributed by atoms with Crippen LogP contribution in [0.25, 0.3) is 0 Å². The van der Waals surface area contributed by atoms with Gasteiger partial charge in [-0.2, -0.15) is 0 Å². The standard InChI is InChI=1S/C22H23ClN4O2/c1-24-22(26-13-16-6-9-18(23)10-7-16)27-15-17-8-11-21(25-14-17)29-20-5-3-4-19(12-20)28-2/h3-12,14H,13,15H2,1-2H3,(H2,24,26,27). The third-order valence-electron chi connectivity index (χ3n) is 4.12. The largest absolute Gasteiger partial charge is 0.497 e. The molecule has 2 N–H and O–H groups in total. The smallest absolute Gasteiger partial charge is 0.219 e. The SMILES string of the molecule is CN=C(NCc1ccc(Cl)cc1)NCc1ccc(Oc2cccc(OC)c2)nc1. The zero-order valence-electron chi connectivity index (χ0n) is 16.4. The summed E-state index contributed by atoms with van der Waals surface area (Å²) in [6, 6.07) is 18.9. The highest BCUT2D eigenvalue weighted by molar-refractivity contribution is 6.30. The second kappa shape index (κ2) is 10.3. The van der Waals surface area contributed by atoms with Gasteiger partial charge in [0.1, 0.15) is 11.5 Å². The lowest BCUT2D eigenvalue weighted by Crippen LogP contribution is -2.36. The molecule has 7 heteroatoms. The van der Waals surface area contributed by atoms with Crippen LogP contribution in [0.1, 0.15) is 11.1 Å². The van der Waals surface area contributed by atoms with Crippen LogP contribution < -0.4 is 20.1 Å². The van der Waals surface area contributed by atoms with Gasteiger partial charge >= 0.3 is 0 Å². The first-order valence-electron chi connectivity index (χ1n) is 9.12. The minimum absolute atomic E-state index is 0.521. The van der Waals surface area contributed by atoms with Crippen LogP contribution in [0, 0.1) is 0 Å². The van der Waals surface area contributed by atoms with E-state index in [0.29, 0.717) is 30.7 Å². The van der Waals surface area contributed by atoms with Crippen molar-refractivity contribution in [3.8, 4) is 17.4 Å². The lowest BCUT2D eigenvalue weighted by molar-refractivity contribution is 0.407. The van der Waals surface area contributed by atoms with Gasteiger partial charge in [-0.25, -0.2) is 4.98 Å². The average Bonchev–Trinajstić information content (AvgIpc) is 2.76. The number of methoxy groups -OCH3 is 1. The van der Waals surface area contributed by atoms with Crippen molar-refractivity contribution in [3.63, 3.8) is 0 Å². The summed E-state index contributed by atoms with van der Waals surface area (Å²) in [5, 5.41) is 7.26. The molecule has 0 radical (unpaired) electrons. The molecule has 29 heavy (non-hydrogen) atoms. The number of nitrogens with one attached hydrogen (secondary N) is 2. The predicted octanol–water partition coefficient (Wildman–Crippen LogP) is 4.40. The van der Waals surface area contributed by atoms with E-state index < -0.39 is 0 Å². The number of hydrogen-bond donors (Lipinski definition) is 2. The van der Waals surface area contributed by atoms with Crippen molar-refractivity contribution >= 4 is 17.6 Å². The zero-order valence-corrected chi connectivity index (χ0v) is 17.1. The molecule has 1 aromatic heterocycles. The normalized spacial score (nSPS) is 11.1. The maximum absolute atomic E-state index is 5.91. The molecule has 0 saturated heterocycles. The molecule has 0 saturated carbocycles. The summed E-state index contributed by atoms with van der Waals surface area (Å²) in [5.74, 6) is 2.64. The third kappa shape index (κ3) is 6.40. The molecule has 0 atom stereocenters. The Balaban J connectivity index is 1.50. The van der Waals surface area contributed by atoms with Gasteiger partial charge in [-0.1, -0.05) is 35.9 Å². The number of nitrogens with zero attached hydrogens (tertiary/aromatic N) is 2. The van der Waals surface area contributed by atoms with E-state index in [2.05, 4.69) is 20.6 Å². The first-order valence-corrected chi connectivity index (χ1v) is 9.50. The minimum Gasteiger partial charge on any atom is -0.497 e. The van der Waals surface area contributed by atoms with E-state index in [-0.39, 0.29) is 0 Å².